The van der Waals surface area contributed by atoms with Gasteiger partial charge in [-0.15, -0.1) is 0 Å². The molecule has 4 aliphatic carbocycles. The normalized spacial score (nSPS) is 34.3. The van der Waals surface area contributed by atoms with Crippen molar-refractivity contribution < 1.29 is 19.1 Å². The smallest absolute Gasteiger partial charge is 0.338 e. The van der Waals surface area contributed by atoms with E-state index in [0.717, 1.165) is 55.8 Å². The van der Waals surface area contributed by atoms with Crippen molar-refractivity contribution in [3.63, 3.8) is 0 Å². The Kier molecular flexibility index (Phi) is 8.35. The predicted octanol–water partition coefficient (Wildman–Crippen LogP) is 9.06. The van der Waals surface area contributed by atoms with E-state index in [1.807, 2.05) is 60.7 Å². The van der Waals surface area contributed by atoms with E-state index < -0.39 is 0 Å². The van der Waals surface area contributed by atoms with E-state index in [0.29, 0.717) is 29.1 Å². The highest BCUT2D eigenvalue weighted by Crippen LogP contribution is 2.67. The van der Waals surface area contributed by atoms with Gasteiger partial charge < -0.3 is 9.47 Å². The summed E-state index contributed by atoms with van der Waals surface area (Å²) in [5.41, 5.74) is 3.48. The van der Waals surface area contributed by atoms with E-state index in [-0.39, 0.29) is 23.5 Å². The van der Waals surface area contributed by atoms with Gasteiger partial charge in [-0.3, -0.25) is 0 Å². The number of ether oxygens (including phenoxy) is 2. The number of allylic oxidation sites excluding steroid dienone is 1. The minimum absolute atomic E-state index is 0.00823. The molecule has 0 aliphatic heterocycles. The summed E-state index contributed by atoms with van der Waals surface area (Å²) in [6, 6.07) is 18.7. The second-order valence-electron chi connectivity index (χ2n) is 14.2. The summed E-state index contributed by atoms with van der Waals surface area (Å²) in [5, 5.41) is 0. The number of hydrogen-bond acceptors (Lipinski definition) is 4. The van der Waals surface area contributed by atoms with Gasteiger partial charge in [0.15, 0.2) is 0 Å². The minimum Gasteiger partial charge on any atom is -0.462 e. The molecule has 8 atom stereocenters. The van der Waals surface area contributed by atoms with Gasteiger partial charge in [-0.2, -0.15) is 0 Å². The molecule has 0 amide bonds. The van der Waals surface area contributed by atoms with Gasteiger partial charge in [0.25, 0.3) is 0 Å². The van der Waals surface area contributed by atoms with Gasteiger partial charge in [0, 0.05) is 6.42 Å². The first-order chi connectivity index (χ1) is 20.3. The molecule has 6 rings (SSSR count). The summed E-state index contributed by atoms with van der Waals surface area (Å²) in [6.45, 7) is 8.09. The molecule has 0 N–H and O–H groups in total. The number of esters is 2. The van der Waals surface area contributed by atoms with Crippen molar-refractivity contribution in [1.82, 2.24) is 0 Å². The minimum atomic E-state index is -0.212. The molecule has 4 aliphatic rings. The van der Waals surface area contributed by atoms with E-state index >= 15 is 0 Å². The van der Waals surface area contributed by atoms with Gasteiger partial charge in [-0.1, -0.05) is 68.8 Å². The predicted molar refractivity (Wildman–Crippen MR) is 166 cm³/mol. The van der Waals surface area contributed by atoms with Crippen LogP contribution in [0.1, 0.15) is 106 Å². The molecule has 0 unspecified atom stereocenters. The lowest BCUT2D eigenvalue weighted by Crippen LogP contribution is -2.51. The zero-order valence-corrected chi connectivity index (χ0v) is 25.7. The molecule has 0 bridgehead atoms. The Balaban J connectivity index is 1.05. The van der Waals surface area contributed by atoms with Crippen LogP contribution in [0.4, 0.5) is 0 Å². The zero-order chi connectivity index (χ0) is 29.3. The van der Waals surface area contributed by atoms with Crippen LogP contribution in [-0.2, 0) is 9.47 Å². The van der Waals surface area contributed by atoms with Crippen LogP contribution in [0, 0.1) is 40.4 Å². The Morgan fingerprint density at radius 2 is 1.55 bits per heavy atom. The number of fused-ring (bicyclic) bond motifs is 5. The molecule has 4 nitrogen and oxygen atoms in total. The number of rotatable bonds is 8. The van der Waals surface area contributed by atoms with Crippen LogP contribution in [0.5, 0.6) is 0 Å². The highest BCUT2D eigenvalue weighted by atomic mass is 16.5. The maximum absolute atomic E-state index is 12.7. The van der Waals surface area contributed by atoms with Gasteiger partial charge >= 0.3 is 11.9 Å². The maximum Gasteiger partial charge on any atom is 0.338 e. The lowest BCUT2D eigenvalue weighted by atomic mass is 9.47. The van der Waals surface area contributed by atoms with Crippen molar-refractivity contribution in [2.75, 3.05) is 6.61 Å². The Bertz CT molecular complexity index is 1280. The number of hydrogen-bond donors (Lipinski definition) is 0. The molecule has 4 heteroatoms. The van der Waals surface area contributed by atoms with Crippen LogP contribution in [0.25, 0.3) is 0 Å². The highest BCUT2D eigenvalue weighted by Gasteiger charge is 2.59. The quantitative estimate of drug-likeness (QED) is 0.181. The summed E-state index contributed by atoms with van der Waals surface area (Å²) in [5.74, 6) is 3.30. The fourth-order valence-electron chi connectivity index (χ4n) is 9.93. The molecule has 3 fully saturated rings. The van der Waals surface area contributed by atoms with E-state index in [2.05, 4.69) is 26.8 Å². The zero-order valence-electron chi connectivity index (χ0n) is 25.7. The lowest BCUT2D eigenvalue weighted by molar-refractivity contribution is -0.0596. The first kappa shape index (κ1) is 29.2. The Morgan fingerprint density at radius 3 is 2.26 bits per heavy atom. The van der Waals surface area contributed by atoms with Crippen molar-refractivity contribution in [3.05, 3.63) is 83.4 Å². The second-order valence-corrected chi connectivity index (χ2v) is 14.2. The standard InChI is InChI=1S/C38H48O4/c1-26(11-10-24-41-35(39)27-12-6-4-7-13-27)32-18-19-33-31-17-16-29-25-30(42-36(40)28-14-8-5-9-15-28)20-22-37(29,2)34(31)21-23-38(32,33)3/h4-9,12-16,26,30-34H,10-11,17-25H2,1-3H3/t26-,30+,31+,32-,33+,34+,37+,38-/m1/s1. The molecule has 224 valence electrons. The average Bonchev–Trinajstić information content (AvgIpc) is 3.37. The summed E-state index contributed by atoms with van der Waals surface area (Å²) in [7, 11) is 0. The molecule has 0 heterocycles. The van der Waals surface area contributed by atoms with Crippen LogP contribution in [0.2, 0.25) is 0 Å². The van der Waals surface area contributed by atoms with Crippen LogP contribution in [0.3, 0.4) is 0 Å². The SMILES string of the molecule is C[C@H](CCCOC(=O)c1ccccc1)[C@H]1CC[C@H]2[C@@H]3CC=C4C[C@@H](OC(=O)c5ccccc5)CC[C@]4(C)[C@H]3CC[C@]12C. The molecule has 0 radical (unpaired) electrons. The molecule has 2 aromatic rings. The van der Waals surface area contributed by atoms with Gasteiger partial charge in [-0.05, 0) is 122 Å². The topological polar surface area (TPSA) is 52.6 Å². The summed E-state index contributed by atoms with van der Waals surface area (Å²) in [4.78, 5) is 25.1. The van der Waals surface area contributed by atoms with E-state index in [1.54, 1.807) is 5.57 Å². The fourth-order valence-corrected chi connectivity index (χ4v) is 9.93. The van der Waals surface area contributed by atoms with E-state index in [4.69, 9.17) is 9.47 Å². The van der Waals surface area contributed by atoms with Crippen molar-refractivity contribution in [2.45, 2.75) is 91.1 Å². The largest absolute Gasteiger partial charge is 0.462 e. The molecular formula is C38H48O4. The lowest BCUT2D eigenvalue weighted by Gasteiger charge is -2.58. The first-order valence-electron chi connectivity index (χ1n) is 16.5. The number of benzene rings is 2. The van der Waals surface area contributed by atoms with E-state index in [9.17, 15) is 9.59 Å². The van der Waals surface area contributed by atoms with Crippen LogP contribution >= 0.6 is 0 Å². The van der Waals surface area contributed by atoms with Crippen LogP contribution in [0.15, 0.2) is 72.3 Å². The summed E-state index contributed by atoms with van der Waals surface area (Å²) in [6.07, 6.45) is 14.1. The van der Waals surface area contributed by atoms with Gasteiger partial charge in [-0.25, -0.2) is 9.59 Å². The highest BCUT2D eigenvalue weighted by molar-refractivity contribution is 5.89. The molecule has 0 saturated heterocycles. The first-order valence-corrected chi connectivity index (χ1v) is 16.5. The molecule has 3 saturated carbocycles. The summed E-state index contributed by atoms with van der Waals surface area (Å²) < 4.78 is 11.6. The van der Waals surface area contributed by atoms with E-state index in [1.165, 1.54) is 32.1 Å². The Labute approximate surface area is 252 Å². The van der Waals surface area contributed by atoms with Crippen molar-refractivity contribution in [1.29, 1.82) is 0 Å². The van der Waals surface area contributed by atoms with Gasteiger partial charge in [0.1, 0.15) is 6.10 Å². The van der Waals surface area contributed by atoms with Crippen molar-refractivity contribution in [2.24, 2.45) is 40.4 Å². The molecule has 0 aromatic heterocycles. The Hall–Kier alpha value is -2.88. The third-order valence-electron chi connectivity index (χ3n) is 12.1. The molecule has 2 aromatic carbocycles. The van der Waals surface area contributed by atoms with Crippen molar-refractivity contribution in [3.8, 4) is 0 Å². The maximum atomic E-state index is 12.7. The summed E-state index contributed by atoms with van der Waals surface area (Å²) >= 11 is 0. The van der Waals surface area contributed by atoms with Gasteiger partial charge in [0.2, 0.25) is 0 Å². The monoisotopic (exact) mass is 568 g/mol. The molecular weight excluding hydrogens is 520 g/mol. The van der Waals surface area contributed by atoms with Crippen molar-refractivity contribution >= 4 is 11.9 Å². The third kappa shape index (κ3) is 5.47. The average molecular weight is 569 g/mol. The third-order valence-corrected chi connectivity index (χ3v) is 12.1. The second kappa shape index (κ2) is 12.0. The fraction of sp³-hybridized carbons (Fsp3) is 0.579. The van der Waals surface area contributed by atoms with Crippen LogP contribution in [-0.4, -0.2) is 24.6 Å². The Morgan fingerprint density at radius 1 is 0.857 bits per heavy atom. The number of carbonyl (C=O) groups excluding carboxylic acids is 2. The molecule has 42 heavy (non-hydrogen) atoms. The number of carbonyl (C=O) groups is 2. The van der Waals surface area contributed by atoms with Gasteiger partial charge in [0.05, 0.1) is 17.7 Å². The van der Waals surface area contributed by atoms with Crippen LogP contribution < -0.4 is 0 Å². The molecule has 0 spiro atoms.